The van der Waals surface area contributed by atoms with Crippen molar-refractivity contribution in [1.82, 2.24) is 14.1 Å². The van der Waals surface area contributed by atoms with Gasteiger partial charge in [0.15, 0.2) is 0 Å². The Morgan fingerprint density at radius 2 is 2.40 bits per heavy atom. The van der Waals surface area contributed by atoms with Crippen LogP contribution in [0.2, 0.25) is 0 Å². The summed E-state index contributed by atoms with van der Waals surface area (Å²) in [6.45, 7) is 1.15. The van der Waals surface area contributed by atoms with E-state index < -0.39 is 6.10 Å². The molecule has 0 aliphatic carbocycles. The second-order valence-electron chi connectivity index (χ2n) is 4.15. The molecule has 1 aromatic heterocycles. The Hall–Kier alpha value is -2.01. The van der Waals surface area contributed by atoms with Gasteiger partial charge in [0.1, 0.15) is 18.9 Å². The molecule has 0 amide bonds. The van der Waals surface area contributed by atoms with Gasteiger partial charge in [-0.05, 0) is 17.7 Å². The lowest BCUT2D eigenvalue weighted by molar-refractivity contribution is 0.104. The molecule has 0 radical (unpaired) electrons. The van der Waals surface area contributed by atoms with Crippen LogP contribution in [0.1, 0.15) is 11.1 Å². The Kier molecular flexibility index (Phi) is 5.43. The van der Waals surface area contributed by atoms with Crippen molar-refractivity contribution in [2.75, 3.05) is 13.2 Å². The smallest absolute Gasteiger partial charge is 0.245 e. The van der Waals surface area contributed by atoms with E-state index in [0.717, 1.165) is 17.3 Å². The minimum absolute atomic E-state index is 0.163. The third-order valence-electron chi connectivity index (χ3n) is 2.53. The highest BCUT2D eigenvalue weighted by Crippen LogP contribution is 2.06. The molecule has 0 saturated heterocycles. The number of aliphatic hydroxyl groups excluding tert-OH is 1. The third kappa shape index (κ3) is 4.59. The van der Waals surface area contributed by atoms with Crippen molar-refractivity contribution in [3.05, 3.63) is 41.6 Å². The fourth-order valence-electron chi connectivity index (χ4n) is 1.59. The standard InChI is InChI=1S/C13H14N4O2S/c14-5-10-2-1-3-11(4-10)6-15-7-12(18)9-19-13-8-16-20-17-13/h1-4,8,12,15,18H,6-7,9H2. The molecule has 0 fully saturated rings. The number of nitrogens with one attached hydrogen (secondary N) is 1. The van der Waals surface area contributed by atoms with Gasteiger partial charge in [0.2, 0.25) is 5.88 Å². The van der Waals surface area contributed by atoms with Gasteiger partial charge >= 0.3 is 0 Å². The first kappa shape index (κ1) is 14.4. The highest BCUT2D eigenvalue weighted by molar-refractivity contribution is 6.99. The normalized spacial score (nSPS) is 11.8. The molecular formula is C13H14N4O2S. The van der Waals surface area contributed by atoms with Crippen molar-refractivity contribution in [2.45, 2.75) is 12.6 Å². The van der Waals surface area contributed by atoms with E-state index in [1.165, 1.54) is 6.20 Å². The molecule has 7 heteroatoms. The second kappa shape index (κ2) is 7.55. The maximum absolute atomic E-state index is 9.74. The highest BCUT2D eigenvalue weighted by atomic mass is 32.1. The lowest BCUT2D eigenvalue weighted by Gasteiger charge is -2.11. The van der Waals surface area contributed by atoms with Crippen molar-refractivity contribution >= 4 is 11.7 Å². The van der Waals surface area contributed by atoms with Crippen LogP contribution in [0.3, 0.4) is 0 Å². The van der Waals surface area contributed by atoms with Crippen molar-refractivity contribution in [1.29, 1.82) is 5.26 Å². The molecule has 2 aromatic rings. The number of hydrogen-bond acceptors (Lipinski definition) is 7. The Morgan fingerprint density at radius 1 is 1.50 bits per heavy atom. The SMILES string of the molecule is N#Cc1cccc(CNCC(O)COc2cnsn2)c1. The number of hydrogen-bond donors (Lipinski definition) is 2. The van der Waals surface area contributed by atoms with Crippen molar-refractivity contribution in [2.24, 2.45) is 0 Å². The van der Waals surface area contributed by atoms with Crippen LogP contribution < -0.4 is 10.1 Å². The molecule has 0 spiro atoms. The van der Waals surface area contributed by atoms with Crippen molar-refractivity contribution in [3.8, 4) is 11.9 Å². The Morgan fingerprint density at radius 3 is 3.15 bits per heavy atom. The summed E-state index contributed by atoms with van der Waals surface area (Å²) in [5.41, 5.74) is 1.63. The first-order valence-corrected chi connectivity index (χ1v) is 6.79. The zero-order valence-corrected chi connectivity index (χ0v) is 11.5. The highest BCUT2D eigenvalue weighted by Gasteiger charge is 2.06. The number of benzene rings is 1. The van der Waals surface area contributed by atoms with E-state index in [1.807, 2.05) is 18.2 Å². The zero-order valence-electron chi connectivity index (χ0n) is 10.7. The van der Waals surface area contributed by atoms with E-state index in [4.69, 9.17) is 10.00 Å². The van der Waals surface area contributed by atoms with Crippen molar-refractivity contribution in [3.63, 3.8) is 0 Å². The summed E-state index contributed by atoms with van der Waals surface area (Å²) in [5.74, 6) is 0.427. The van der Waals surface area contributed by atoms with Crippen molar-refractivity contribution < 1.29 is 9.84 Å². The number of nitriles is 1. The quantitative estimate of drug-likeness (QED) is 0.788. The minimum atomic E-state index is -0.629. The molecule has 2 N–H and O–H groups in total. The van der Waals surface area contributed by atoms with Crippen LogP contribution in [0, 0.1) is 11.3 Å². The van der Waals surface area contributed by atoms with E-state index >= 15 is 0 Å². The number of ether oxygens (including phenoxy) is 1. The minimum Gasteiger partial charge on any atom is -0.473 e. The average molecular weight is 290 g/mol. The van der Waals surface area contributed by atoms with E-state index in [2.05, 4.69) is 20.1 Å². The maximum atomic E-state index is 9.74. The molecular weight excluding hydrogens is 276 g/mol. The fraction of sp³-hybridized carbons (Fsp3) is 0.308. The molecule has 2 rings (SSSR count). The predicted octanol–water partition coefficient (Wildman–Crippen LogP) is 0.939. The number of aliphatic hydroxyl groups is 1. The summed E-state index contributed by atoms with van der Waals surface area (Å²) in [5, 5.41) is 21.7. The van der Waals surface area contributed by atoms with Crippen LogP contribution in [0.5, 0.6) is 5.88 Å². The predicted molar refractivity (Wildman–Crippen MR) is 74.3 cm³/mol. The van der Waals surface area contributed by atoms with E-state index in [9.17, 15) is 5.11 Å². The lowest BCUT2D eigenvalue weighted by atomic mass is 10.1. The summed E-state index contributed by atoms with van der Waals surface area (Å²) < 4.78 is 12.9. The molecule has 0 aliphatic heterocycles. The molecule has 1 aromatic carbocycles. The van der Waals surface area contributed by atoms with Gasteiger partial charge in [-0.1, -0.05) is 12.1 Å². The Balaban J connectivity index is 1.68. The number of aromatic nitrogens is 2. The lowest BCUT2D eigenvalue weighted by Crippen LogP contribution is -2.31. The molecule has 6 nitrogen and oxygen atoms in total. The number of nitrogens with zero attached hydrogens (tertiary/aromatic N) is 3. The summed E-state index contributed by atoms with van der Waals surface area (Å²) >= 11 is 1.06. The Bertz CT molecular complexity index is 568. The van der Waals surface area contributed by atoms with E-state index in [0.29, 0.717) is 24.5 Å². The molecule has 20 heavy (non-hydrogen) atoms. The summed E-state index contributed by atoms with van der Waals surface area (Å²) in [7, 11) is 0. The van der Waals surface area contributed by atoms with Crippen LogP contribution in [-0.2, 0) is 6.54 Å². The fourth-order valence-corrected chi connectivity index (χ4v) is 1.96. The van der Waals surface area contributed by atoms with Crippen LogP contribution >= 0.6 is 11.7 Å². The molecule has 1 atom stereocenters. The largest absolute Gasteiger partial charge is 0.473 e. The van der Waals surface area contributed by atoms with Crippen LogP contribution in [0.25, 0.3) is 0 Å². The van der Waals surface area contributed by atoms with Gasteiger partial charge in [0, 0.05) is 13.1 Å². The number of rotatable bonds is 7. The van der Waals surface area contributed by atoms with Crippen LogP contribution in [0.15, 0.2) is 30.5 Å². The van der Waals surface area contributed by atoms with Gasteiger partial charge in [-0.2, -0.15) is 9.64 Å². The van der Waals surface area contributed by atoms with Gasteiger partial charge in [0.25, 0.3) is 0 Å². The summed E-state index contributed by atoms with van der Waals surface area (Å²) in [4.78, 5) is 0. The molecule has 1 heterocycles. The van der Waals surface area contributed by atoms with E-state index in [-0.39, 0.29) is 6.61 Å². The molecule has 104 valence electrons. The maximum Gasteiger partial charge on any atom is 0.245 e. The molecule has 0 bridgehead atoms. The monoisotopic (exact) mass is 290 g/mol. The summed E-state index contributed by atoms with van der Waals surface area (Å²) in [6.07, 6.45) is 0.883. The zero-order chi connectivity index (χ0) is 14.2. The van der Waals surface area contributed by atoms with Gasteiger partial charge < -0.3 is 15.2 Å². The topological polar surface area (TPSA) is 91.1 Å². The van der Waals surface area contributed by atoms with E-state index in [1.54, 1.807) is 6.07 Å². The molecule has 0 saturated carbocycles. The first-order chi connectivity index (χ1) is 9.78. The summed E-state index contributed by atoms with van der Waals surface area (Å²) in [6, 6.07) is 9.43. The van der Waals surface area contributed by atoms with Gasteiger partial charge in [-0.15, -0.1) is 4.37 Å². The molecule has 0 aliphatic rings. The van der Waals surface area contributed by atoms with Crippen LogP contribution in [0.4, 0.5) is 0 Å². The first-order valence-electron chi connectivity index (χ1n) is 6.06. The Labute approximate surface area is 121 Å². The molecule has 1 unspecified atom stereocenters. The second-order valence-corrected chi connectivity index (χ2v) is 4.71. The van der Waals surface area contributed by atoms with Gasteiger partial charge in [0.05, 0.1) is 23.4 Å². The van der Waals surface area contributed by atoms with Crippen LogP contribution in [-0.4, -0.2) is 33.1 Å². The van der Waals surface area contributed by atoms with Gasteiger partial charge in [-0.25, -0.2) is 0 Å². The average Bonchev–Trinajstić information content (AvgIpc) is 2.99. The van der Waals surface area contributed by atoms with Gasteiger partial charge in [-0.3, -0.25) is 0 Å². The third-order valence-corrected chi connectivity index (χ3v) is 2.99.